The van der Waals surface area contributed by atoms with Gasteiger partial charge in [-0.05, 0) is 7.05 Å². The van der Waals surface area contributed by atoms with E-state index in [2.05, 4.69) is 15.3 Å². The molecular formula is C9H17N5O. The Balaban J connectivity index is 2.83. The number of hydrogen-bond donors (Lipinski definition) is 2. The molecule has 0 bridgehead atoms. The number of hydrogen-bond acceptors (Lipinski definition) is 6. The van der Waals surface area contributed by atoms with Crippen molar-refractivity contribution in [1.82, 2.24) is 15.3 Å². The quantitative estimate of drug-likeness (QED) is 0.698. The van der Waals surface area contributed by atoms with Crippen LogP contribution in [-0.4, -0.2) is 44.3 Å². The van der Waals surface area contributed by atoms with Crippen LogP contribution in [-0.2, 0) is 0 Å². The molecule has 6 heteroatoms. The average Bonchev–Trinajstić information content (AvgIpc) is 2.26. The summed E-state index contributed by atoms with van der Waals surface area (Å²) < 4.78 is 5.02. The van der Waals surface area contributed by atoms with Crippen molar-refractivity contribution in [3.63, 3.8) is 0 Å². The predicted molar refractivity (Wildman–Crippen MR) is 60.2 cm³/mol. The Morgan fingerprint density at radius 3 is 2.87 bits per heavy atom. The van der Waals surface area contributed by atoms with E-state index in [1.807, 2.05) is 19.0 Å². The number of nitrogens with zero attached hydrogens (tertiary/aromatic N) is 3. The third-order valence-electron chi connectivity index (χ3n) is 2.08. The Hall–Kier alpha value is -1.56. The van der Waals surface area contributed by atoms with Crippen molar-refractivity contribution in [2.75, 3.05) is 44.9 Å². The molecule has 0 aromatic carbocycles. The topological polar surface area (TPSA) is 76.3 Å². The second-order valence-electron chi connectivity index (χ2n) is 3.15. The van der Waals surface area contributed by atoms with Gasteiger partial charge in [-0.3, -0.25) is 0 Å². The lowest BCUT2D eigenvalue weighted by atomic mass is 10.4. The molecule has 3 N–H and O–H groups in total. The zero-order chi connectivity index (χ0) is 11.3. The summed E-state index contributed by atoms with van der Waals surface area (Å²) in [5, 5.41) is 3.06. The van der Waals surface area contributed by atoms with E-state index in [1.165, 1.54) is 13.4 Å². The van der Waals surface area contributed by atoms with E-state index in [0.29, 0.717) is 17.4 Å². The van der Waals surface area contributed by atoms with Gasteiger partial charge in [0, 0.05) is 20.1 Å². The third kappa shape index (κ3) is 2.69. The average molecular weight is 211 g/mol. The van der Waals surface area contributed by atoms with Gasteiger partial charge in [0.1, 0.15) is 12.0 Å². The highest BCUT2D eigenvalue weighted by Crippen LogP contribution is 2.26. The summed E-state index contributed by atoms with van der Waals surface area (Å²) in [6.45, 7) is 1.68. The molecule has 0 aliphatic rings. The highest BCUT2D eigenvalue weighted by atomic mass is 16.5. The van der Waals surface area contributed by atoms with E-state index in [9.17, 15) is 0 Å². The summed E-state index contributed by atoms with van der Waals surface area (Å²) in [4.78, 5) is 10.00. The number of methoxy groups -OCH3 is 1. The van der Waals surface area contributed by atoms with Crippen LogP contribution in [0.4, 0.5) is 11.5 Å². The van der Waals surface area contributed by atoms with Gasteiger partial charge in [0.05, 0.1) is 7.11 Å². The highest BCUT2D eigenvalue weighted by molar-refractivity contribution is 5.67. The molecule has 0 atom stereocenters. The van der Waals surface area contributed by atoms with Gasteiger partial charge < -0.3 is 20.7 Å². The molecule has 0 amide bonds. The van der Waals surface area contributed by atoms with Crippen molar-refractivity contribution >= 4 is 11.5 Å². The fourth-order valence-corrected chi connectivity index (χ4v) is 1.22. The molecule has 84 valence electrons. The Bertz CT molecular complexity index is 317. The number of likely N-dealkylation sites (N-methyl/N-ethyl adjacent to an activating group) is 2. The van der Waals surface area contributed by atoms with Crippen LogP contribution in [0.5, 0.6) is 5.88 Å². The second kappa shape index (κ2) is 5.35. The van der Waals surface area contributed by atoms with Crippen molar-refractivity contribution in [3.05, 3.63) is 6.33 Å². The molecule has 1 aromatic rings. The third-order valence-corrected chi connectivity index (χ3v) is 2.08. The number of nitrogens with two attached hydrogens (primary N) is 1. The standard InChI is InChI=1S/C9H17N5O/c1-11-4-5-14(2)8-7(10)9(15-3)13-6-12-8/h6,11H,4-5,10H2,1-3H3. The molecule has 0 fully saturated rings. The summed E-state index contributed by atoms with van der Waals surface area (Å²) >= 11 is 0. The van der Waals surface area contributed by atoms with Crippen LogP contribution < -0.4 is 20.7 Å². The highest BCUT2D eigenvalue weighted by Gasteiger charge is 2.11. The fourth-order valence-electron chi connectivity index (χ4n) is 1.22. The van der Waals surface area contributed by atoms with E-state index in [-0.39, 0.29) is 0 Å². The molecule has 0 aliphatic carbocycles. The number of nitrogens with one attached hydrogen (secondary N) is 1. The van der Waals surface area contributed by atoms with Gasteiger partial charge >= 0.3 is 0 Å². The first kappa shape index (κ1) is 11.5. The lowest BCUT2D eigenvalue weighted by Crippen LogP contribution is -2.28. The zero-order valence-corrected chi connectivity index (χ0v) is 9.32. The maximum atomic E-state index is 5.85. The number of nitrogen functional groups attached to an aromatic ring is 1. The maximum Gasteiger partial charge on any atom is 0.242 e. The van der Waals surface area contributed by atoms with Crippen molar-refractivity contribution in [2.24, 2.45) is 0 Å². The zero-order valence-electron chi connectivity index (χ0n) is 9.32. The first-order chi connectivity index (χ1) is 7.20. The van der Waals surface area contributed by atoms with Gasteiger partial charge in [-0.15, -0.1) is 0 Å². The molecule has 0 aliphatic heterocycles. The van der Waals surface area contributed by atoms with Crippen molar-refractivity contribution in [2.45, 2.75) is 0 Å². The molecule has 1 heterocycles. The molecule has 6 nitrogen and oxygen atoms in total. The molecular weight excluding hydrogens is 194 g/mol. The summed E-state index contributed by atoms with van der Waals surface area (Å²) in [7, 11) is 5.36. The molecule has 0 saturated carbocycles. The van der Waals surface area contributed by atoms with E-state index in [1.54, 1.807) is 0 Å². The van der Waals surface area contributed by atoms with E-state index < -0.39 is 0 Å². The lowest BCUT2D eigenvalue weighted by molar-refractivity contribution is 0.399. The SMILES string of the molecule is CNCCN(C)c1ncnc(OC)c1N. The maximum absolute atomic E-state index is 5.85. The number of anilines is 2. The first-order valence-corrected chi connectivity index (χ1v) is 4.71. The molecule has 0 radical (unpaired) electrons. The molecule has 15 heavy (non-hydrogen) atoms. The number of rotatable bonds is 5. The molecule has 0 unspecified atom stereocenters. The Morgan fingerprint density at radius 2 is 2.27 bits per heavy atom. The van der Waals surface area contributed by atoms with Crippen LogP contribution in [0.25, 0.3) is 0 Å². The number of aromatic nitrogens is 2. The van der Waals surface area contributed by atoms with Crippen molar-refractivity contribution < 1.29 is 4.74 Å². The van der Waals surface area contributed by atoms with Crippen molar-refractivity contribution in [1.29, 1.82) is 0 Å². The van der Waals surface area contributed by atoms with E-state index in [4.69, 9.17) is 10.5 Å². The minimum absolute atomic E-state index is 0.413. The van der Waals surface area contributed by atoms with Crippen LogP contribution in [0.3, 0.4) is 0 Å². The van der Waals surface area contributed by atoms with Crippen LogP contribution in [0.1, 0.15) is 0 Å². The minimum atomic E-state index is 0.413. The van der Waals surface area contributed by atoms with Gasteiger partial charge in [-0.2, -0.15) is 4.98 Å². The fraction of sp³-hybridized carbons (Fsp3) is 0.556. The first-order valence-electron chi connectivity index (χ1n) is 4.71. The second-order valence-corrected chi connectivity index (χ2v) is 3.15. The van der Waals surface area contributed by atoms with E-state index in [0.717, 1.165) is 13.1 Å². The molecule has 1 aromatic heterocycles. The number of ether oxygens (including phenoxy) is 1. The molecule has 0 saturated heterocycles. The Kier molecular flexibility index (Phi) is 4.11. The lowest BCUT2D eigenvalue weighted by Gasteiger charge is -2.19. The normalized spacial score (nSPS) is 10.1. The largest absolute Gasteiger partial charge is 0.479 e. The predicted octanol–water partition coefficient (Wildman–Crippen LogP) is -0.277. The van der Waals surface area contributed by atoms with Gasteiger partial charge in [0.25, 0.3) is 0 Å². The van der Waals surface area contributed by atoms with Crippen LogP contribution in [0.15, 0.2) is 6.33 Å². The smallest absolute Gasteiger partial charge is 0.242 e. The Labute approximate surface area is 89.5 Å². The van der Waals surface area contributed by atoms with E-state index >= 15 is 0 Å². The summed E-state index contributed by atoms with van der Waals surface area (Å²) in [6, 6.07) is 0. The monoisotopic (exact) mass is 211 g/mol. The van der Waals surface area contributed by atoms with Gasteiger partial charge in [-0.1, -0.05) is 0 Å². The van der Waals surface area contributed by atoms with Crippen LogP contribution in [0, 0.1) is 0 Å². The van der Waals surface area contributed by atoms with Gasteiger partial charge in [-0.25, -0.2) is 4.98 Å². The van der Waals surface area contributed by atoms with Gasteiger partial charge in [0.2, 0.25) is 5.88 Å². The molecule has 1 rings (SSSR count). The summed E-state index contributed by atoms with van der Waals surface area (Å²) in [5.74, 6) is 1.11. The van der Waals surface area contributed by atoms with Crippen molar-refractivity contribution in [3.8, 4) is 5.88 Å². The minimum Gasteiger partial charge on any atom is -0.479 e. The summed E-state index contributed by atoms with van der Waals surface area (Å²) in [6.07, 6.45) is 1.44. The summed E-state index contributed by atoms with van der Waals surface area (Å²) in [5.41, 5.74) is 6.33. The van der Waals surface area contributed by atoms with Gasteiger partial charge in [0.15, 0.2) is 5.82 Å². The Morgan fingerprint density at radius 1 is 1.53 bits per heavy atom. The van der Waals surface area contributed by atoms with Crippen LogP contribution in [0.2, 0.25) is 0 Å². The molecule has 0 spiro atoms. The van der Waals surface area contributed by atoms with Crippen LogP contribution >= 0.6 is 0 Å².